The van der Waals surface area contributed by atoms with E-state index in [-0.39, 0.29) is 53.0 Å². The highest BCUT2D eigenvalue weighted by atomic mass is 35.5. The molecule has 2 aromatic heterocycles. The molecule has 2 bridgehead atoms. The summed E-state index contributed by atoms with van der Waals surface area (Å²) in [5, 5.41) is 2.77. The summed E-state index contributed by atoms with van der Waals surface area (Å²) in [6, 6.07) is 9.22. The van der Waals surface area contributed by atoms with Crippen molar-refractivity contribution in [2.75, 3.05) is 0 Å². The van der Waals surface area contributed by atoms with Gasteiger partial charge in [-0.3, -0.25) is 14.4 Å². The first-order valence-electron chi connectivity index (χ1n) is 11.1. The number of fused-ring (bicyclic) bond motifs is 3. The second-order valence-electron chi connectivity index (χ2n) is 8.78. The number of nitrogens with zero attached hydrogens (tertiary/aromatic N) is 3. The van der Waals surface area contributed by atoms with Crippen LogP contribution in [-0.4, -0.2) is 44.1 Å². The van der Waals surface area contributed by atoms with Gasteiger partial charge in [0.05, 0.1) is 17.0 Å². The molecule has 0 unspecified atom stereocenters. The molecule has 3 atom stereocenters. The molecule has 10 heteroatoms. The largest absolute Gasteiger partial charge is 0.364 e. The molecule has 5 rings (SSSR count). The Labute approximate surface area is 199 Å². The number of rotatable bonds is 6. The summed E-state index contributed by atoms with van der Waals surface area (Å²) in [7, 11) is 0. The minimum atomic E-state index is -0.673. The number of nitrogens with two attached hydrogens (primary N) is 1. The third kappa shape index (κ3) is 3.79. The number of nitrogens with one attached hydrogen (secondary N) is 1. The van der Waals surface area contributed by atoms with Crippen molar-refractivity contribution in [3.63, 3.8) is 0 Å². The highest BCUT2D eigenvalue weighted by Crippen LogP contribution is 2.42. The number of likely N-dealkylation sites (tertiary alicyclic amines) is 1. The van der Waals surface area contributed by atoms with Gasteiger partial charge in [-0.05, 0) is 43.4 Å². The summed E-state index contributed by atoms with van der Waals surface area (Å²) in [6.07, 6.45) is 4.09. The summed E-state index contributed by atoms with van der Waals surface area (Å²) < 4.78 is 15.9. The Bertz CT molecular complexity index is 1310. The average Bonchev–Trinajstić information content (AvgIpc) is 3.53. The second-order valence-corrected chi connectivity index (χ2v) is 9.18. The summed E-state index contributed by atoms with van der Waals surface area (Å²) in [6.45, 7) is -0.0198. The minimum Gasteiger partial charge on any atom is -0.364 e. The molecular formula is C24H23ClFN5O3. The molecule has 1 aliphatic heterocycles. The molecule has 8 nitrogen and oxygen atoms in total. The van der Waals surface area contributed by atoms with Crippen LogP contribution in [0.4, 0.5) is 4.39 Å². The van der Waals surface area contributed by atoms with Gasteiger partial charge in [0.15, 0.2) is 5.69 Å². The van der Waals surface area contributed by atoms with Crippen LogP contribution in [0.3, 0.4) is 0 Å². The zero-order valence-corrected chi connectivity index (χ0v) is 19.0. The van der Waals surface area contributed by atoms with E-state index in [1.807, 2.05) is 0 Å². The van der Waals surface area contributed by atoms with Crippen molar-refractivity contribution in [1.82, 2.24) is 19.6 Å². The van der Waals surface area contributed by atoms with Crippen LogP contribution in [0.15, 0.2) is 42.6 Å². The number of piperidine rings is 1. The molecule has 176 valence electrons. The number of pyridine rings is 1. The monoisotopic (exact) mass is 483 g/mol. The second kappa shape index (κ2) is 8.72. The van der Waals surface area contributed by atoms with Gasteiger partial charge in [0.2, 0.25) is 11.8 Å². The Kier molecular flexibility index (Phi) is 5.73. The van der Waals surface area contributed by atoms with Gasteiger partial charge in [-0.2, -0.15) is 0 Å². The molecule has 1 saturated carbocycles. The number of imidazole rings is 1. The number of primary amides is 1. The van der Waals surface area contributed by atoms with Crippen LogP contribution in [-0.2, 0) is 22.6 Å². The topological polar surface area (TPSA) is 110 Å². The molecule has 3 aromatic rings. The normalized spacial score (nSPS) is 21.2. The van der Waals surface area contributed by atoms with E-state index in [1.54, 1.807) is 45.8 Å². The lowest BCUT2D eigenvalue weighted by molar-refractivity contribution is -0.142. The number of benzene rings is 1. The summed E-state index contributed by atoms with van der Waals surface area (Å²) in [5.41, 5.74) is 6.37. The Morgan fingerprint density at radius 1 is 1.18 bits per heavy atom. The van der Waals surface area contributed by atoms with Gasteiger partial charge in [0.1, 0.15) is 17.7 Å². The lowest BCUT2D eigenvalue weighted by Crippen LogP contribution is -2.53. The van der Waals surface area contributed by atoms with Crippen LogP contribution >= 0.6 is 11.6 Å². The quantitative estimate of drug-likeness (QED) is 0.561. The molecule has 0 radical (unpaired) electrons. The van der Waals surface area contributed by atoms with Gasteiger partial charge in [-0.25, -0.2) is 9.37 Å². The fourth-order valence-corrected chi connectivity index (χ4v) is 5.48. The zero-order valence-electron chi connectivity index (χ0n) is 18.2. The Hall–Kier alpha value is -3.46. The summed E-state index contributed by atoms with van der Waals surface area (Å²) in [5.74, 6) is -1.36. The number of hydrogen-bond acceptors (Lipinski definition) is 4. The van der Waals surface area contributed by atoms with Crippen molar-refractivity contribution in [3.05, 3.63) is 70.5 Å². The molecule has 34 heavy (non-hydrogen) atoms. The van der Waals surface area contributed by atoms with Gasteiger partial charge in [0, 0.05) is 24.3 Å². The van der Waals surface area contributed by atoms with E-state index >= 15 is 0 Å². The predicted molar refractivity (Wildman–Crippen MR) is 122 cm³/mol. The lowest BCUT2D eigenvalue weighted by atomic mass is 9.97. The molecule has 3 heterocycles. The van der Waals surface area contributed by atoms with Crippen LogP contribution in [0, 0.1) is 11.7 Å². The number of hydrogen-bond donors (Lipinski definition) is 2. The molecule has 3 amide bonds. The van der Waals surface area contributed by atoms with Gasteiger partial charge in [-0.15, -0.1) is 0 Å². The number of carbonyl (C=O) groups excluding carboxylic acids is 3. The van der Waals surface area contributed by atoms with Crippen LogP contribution in [0.5, 0.6) is 0 Å². The lowest BCUT2D eigenvalue weighted by Gasteiger charge is -2.34. The third-order valence-corrected chi connectivity index (χ3v) is 7.08. The maximum atomic E-state index is 14.2. The zero-order chi connectivity index (χ0) is 24.0. The predicted octanol–water partition coefficient (Wildman–Crippen LogP) is 2.46. The van der Waals surface area contributed by atoms with Gasteiger partial charge >= 0.3 is 0 Å². The van der Waals surface area contributed by atoms with E-state index < -0.39 is 17.8 Å². The fourth-order valence-electron chi connectivity index (χ4n) is 5.29. The number of amides is 3. The fraction of sp³-hybridized carbons (Fsp3) is 0.333. The highest BCUT2D eigenvalue weighted by molar-refractivity contribution is 6.30. The van der Waals surface area contributed by atoms with Crippen molar-refractivity contribution < 1.29 is 18.8 Å². The molecule has 1 aromatic carbocycles. The van der Waals surface area contributed by atoms with Gasteiger partial charge in [-0.1, -0.05) is 29.8 Å². The maximum absolute atomic E-state index is 14.2. The maximum Gasteiger partial charge on any atom is 0.269 e. The van der Waals surface area contributed by atoms with Crippen LogP contribution in [0.1, 0.15) is 41.1 Å². The van der Waals surface area contributed by atoms with E-state index in [4.69, 9.17) is 17.3 Å². The van der Waals surface area contributed by atoms with Crippen molar-refractivity contribution in [3.8, 4) is 0 Å². The Balaban J connectivity index is 1.36. The van der Waals surface area contributed by atoms with Crippen molar-refractivity contribution in [2.45, 2.75) is 44.3 Å². The number of halogens is 2. The summed E-state index contributed by atoms with van der Waals surface area (Å²) >= 11 is 5.83. The average molecular weight is 484 g/mol. The van der Waals surface area contributed by atoms with E-state index in [2.05, 4.69) is 10.3 Å². The first-order valence-corrected chi connectivity index (χ1v) is 11.5. The molecule has 0 spiro atoms. The first kappa shape index (κ1) is 22.3. The SMILES string of the molecule is NC(=O)c1nc(CC(=O)N2[C@@H]3CC[C@@H](C3)[C@H]2C(=O)NCc2cccc(Cl)c2F)n2ccccc12. The van der Waals surface area contributed by atoms with Crippen molar-refractivity contribution >= 4 is 34.8 Å². The number of carbonyl (C=O) groups is 3. The molecule has 1 saturated heterocycles. The standard InChI is InChI=1S/C24H23ClFN5O3/c25-16-5-3-4-14(20(16)26)12-28-24(34)22-13-7-8-15(10-13)31(22)19(32)11-18-29-21(23(27)33)17-6-1-2-9-30(17)18/h1-6,9,13,15,22H,7-8,10-12H2,(H2,27,33)(H,28,34)/t13-,15+,22-/m0/s1. The van der Waals surface area contributed by atoms with Crippen molar-refractivity contribution in [2.24, 2.45) is 11.7 Å². The molecule has 1 aliphatic carbocycles. The van der Waals surface area contributed by atoms with E-state index in [9.17, 15) is 18.8 Å². The van der Waals surface area contributed by atoms with E-state index in [0.29, 0.717) is 11.3 Å². The van der Waals surface area contributed by atoms with E-state index in [0.717, 1.165) is 19.3 Å². The Morgan fingerprint density at radius 3 is 2.79 bits per heavy atom. The van der Waals surface area contributed by atoms with Crippen LogP contribution in [0.2, 0.25) is 5.02 Å². The van der Waals surface area contributed by atoms with Crippen LogP contribution in [0.25, 0.3) is 5.52 Å². The molecule has 2 aliphatic rings. The van der Waals surface area contributed by atoms with Gasteiger partial charge in [0.25, 0.3) is 5.91 Å². The molecule has 2 fully saturated rings. The van der Waals surface area contributed by atoms with Crippen molar-refractivity contribution in [1.29, 1.82) is 0 Å². The van der Waals surface area contributed by atoms with Crippen LogP contribution < -0.4 is 11.1 Å². The van der Waals surface area contributed by atoms with Gasteiger partial charge < -0.3 is 20.4 Å². The smallest absolute Gasteiger partial charge is 0.269 e. The Morgan fingerprint density at radius 2 is 2.00 bits per heavy atom. The molecular weight excluding hydrogens is 461 g/mol. The molecule has 3 N–H and O–H groups in total. The summed E-state index contributed by atoms with van der Waals surface area (Å²) in [4.78, 5) is 44.3. The van der Waals surface area contributed by atoms with E-state index in [1.165, 1.54) is 6.07 Å². The highest BCUT2D eigenvalue weighted by Gasteiger charge is 2.51. The third-order valence-electron chi connectivity index (χ3n) is 6.79. The minimum absolute atomic E-state index is 0.00858. The number of aromatic nitrogens is 2. The first-order chi connectivity index (χ1) is 16.3.